The molecule has 0 radical (unpaired) electrons. The minimum absolute atomic E-state index is 0.0128. The van der Waals surface area contributed by atoms with E-state index < -0.39 is 10.2 Å². The molecule has 5 nitrogen and oxygen atoms in total. The number of hydrogen-bond acceptors (Lipinski definition) is 3. The summed E-state index contributed by atoms with van der Waals surface area (Å²) in [5.74, 6) is 0. The van der Waals surface area contributed by atoms with E-state index in [1.807, 2.05) is 13.8 Å². The van der Waals surface area contributed by atoms with Gasteiger partial charge in [-0.05, 0) is 26.7 Å². The summed E-state index contributed by atoms with van der Waals surface area (Å²) >= 11 is 0. The minimum Gasteiger partial charge on any atom is -0.373 e. The highest BCUT2D eigenvalue weighted by Gasteiger charge is 2.36. The summed E-state index contributed by atoms with van der Waals surface area (Å²) in [5.41, 5.74) is 0. The number of rotatable bonds is 2. The van der Waals surface area contributed by atoms with Crippen molar-refractivity contribution in [2.45, 2.75) is 38.9 Å². The second-order valence-corrected chi connectivity index (χ2v) is 6.62. The Bertz CT molecular complexity index is 328. The van der Waals surface area contributed by atoms with Gasteiger partial charge in [-0.15, -0.1) is 0 Å². The molecule has 2 heterocycles. The Morgan fingerprint density at radius 3 is 2.00 bits per heavy atom. The first-order valence-corrected chi connectivity index (χ1v) is 7.30. The SMILES string of the molecule is CC1CN(S(=O)(=O)N2CCCC2)CC(C)O1. The van der Waals surface area contributed by atoms with E-state index in [2.05, 4.69) is 0 Å². The topological polar surface area (TPSA) is 49.9 Å². The van der Waals surface area contributed by atoms with Gasteiger partial charge in [-0.1, -0.05) is 0 Å². The Morgan fingerprint density at radius 2 is 1.50 bits per heavy atom. The molecule has 0 spiro atoms. The zero-order valence-electron chi connectivity index (χ0n) is 9.92. The van der Waals surface area contributed by atoms with Crippen LogP contribution in [0.3, 0.4) is 0 Å². The van der Waals surface area contributed by atoms with Crippen molar-refractivity contribution in [3.05, 3.63) is 0 Å². The van der Waals surface area contributed by atoms with Crippen molar-refractivity contribution in [3.63, 3.8) is 0 Å². The Labute approximate surface area is 97.5 Å². The molecule has 2 unspecified atom stereocenters. The van der Waals surface area contributed by atoms with Crippen LogP contribution >= 0.6 is 0 Å². The van der Waals surface area contributed by atoms with Gasteiger partial charge in [0.2, 0.25) is 0 Å². The maximum absolute atomic E-state index is 12.3. The summed E-state index contributed by atoms with van der Waals surface area (Å²) < 4.78 is 33.3. The number of hydrogen-bond donors (Lipinski definition) is 0. The fourth-order valence-electron chi connectivity index (χ4n) is 2.40. The van der Waals surface area contributed by atoms with E-state index in [0.29, 0.717) is 26.2 Å². The van der Waals surface area contributed by atoms with Gasteiger partial charge in [-0.3, -0.25) is 0 Å². The molecule has 0 amide bonds. The molecule has 0 aliphatic carbocycles. The van der Waals surface area contributed by atoms with E-state index >= 15 is 0 Å². The van der Waals surface area contributed by atoms with Gasteiger partial charge in [0.05, 0.1) is 12.2 Å². The van der Waals surface area contributed by atoms with Crippen LogP contribution in [0.4, 0.5) is 0 Å². The highest BCUT2D eigenvalue weighted by atomic mass is 32.2. The maximum Gasteiger partial charge on any atom is 0.282 e. The van der Waals surface area contributed by atoms with Crippen LogP contribution in [0.25, 0.3) is 0 Å². The maximum atomic E-state index is 12.3. The smallest absolute Gasteiger partial charge is 0.282 e. The Hall–Kier alpha value is -0.170. The lowest BCUT2D eigenvalue weighted by Gasteiger charge is -2.36. The van der Waals surface area contributed by atoms with E-state index in [0.717, 1.165) is 12.8 Å². The molecule has 2 fully saturated rings. The van der Waals surface area contributed by atoms with E-state index in [1.54, 1.807) is 8.61 Å². The van der Waals surface area contributed by atoms with Crippen LogP contribution in [0.2, 0.25) is 0 Å². The van der Waals surface area contributed by atoms with Crippen molar-refractivity contribution in [2.24, 2.45) is 0 Å². The fourth-order valence-corrected chi connectivity index (χ4v) is 4.24. The second kappa shape index (κ2) is 4.60. The molecule has 0 N–H and O–H groups in total. The second-order valence-electron chi connectivity index (χ2n) is 4.69. The lowest BCUT2D eigenvalue weighted by molar-refractivity contribution is -0.0453. The third-order valence-corrected chi connectivity index (χ3v) is 5.07. The van der Waals surface area contributed by atoms with E-state index in [4.69, 9.17) is 4.74 Å². The third-order valence-electron chi connectivity index (χ3n) is 3.10. The van der Waals surface area contributed by atoms with Gasteiger partial charge >= 0.3 is 0 Å². The van der Waals surface area contributed by atoms with Crippen LogP contribution in [-0.4, -0.2) is 55.4 Å². The lowest BCUT2D eigenvalue weighted by atomic mass is 10.3. The first kappa shape index (κ1) is 12.3. The molecule has 0 aromatic carbocycles. The molecule has 2 rings (SSSR count). The van der Waals surface area contributed by atoms with E-state index in [9.17, 15) is 8.42 Å². The number of nitrogens with zero attached hydrogens (tertiary/aromatic N) is 2. The van der Waals surface area contributed by atoms with Crippen LogP contribution in [0.5, 0.6) is 0 Å². The molecule has 0 bridgehead atoms. The number of ether oxygens (including phenoxy) is 1. The quantitative estimate of drug-likeness (QED) is 0.712. The third kappa shape index (κ3) is 2.40. The van der Waals surface area contributed by atoms with Gasteiger partial charge < -0.3 is 4.74 Å². The molecule has 6 heteroatoms. The standard InChI is InChI=1S/C10H20N2O3S/c1-9-7-12(8-10(2)15-9)16(13,14)11-5-3-4-6-11/h9-10H,3-8H2,1-2H3. The zero-order valence-corrected chi connectivity index (χ0v) is 10.7. The van der Waals surface area contributed by atoms with Crippen molar-refractivity contribution in [2.75, 3.05) is 26.2 Å². The summed E-state index contributed by atoms with van der Waals surface area (Å²) in [6.07, 6.45) is 1.94. The Balaban J connectivity index is 2.10. The first-order valence-electron chi connectivity index (χ1n) is 5.91. The van der Waals surface area contributed by atoms with Crippen molar-refractivity contribution < 1.29 is 13.2 Å². The normalized spacial score (nSPS) is 34.4. The van der Waals surface area contributed by atoms with Crippen LogP contribution in [0.1, 0.15) is 26.7 Å². The van der Waals surface area contributed by atoms with E-state index in [1.165, 1.54) is 0 Å². The van der Waals surface area contributed by atoms with Gasteiger partial charge in [0.15, 0.2) is 0 Å². The highest BCUT2D eigenvalue weighted by molar-refractivity contribution is 7.86. The highest BCUT2D eigenvalue weighted by Crippen LogP contribution is 2.20. The minimum atomic E-state index is -3.24. The predicted octanol–water partition coefficient (Wildman–Crippen LogP) is 0.436. The molecule has 0 saturated carbocycles. The predicted molar refractivity (Wildman–Crippen MR) is 61.3 cm³/mol. The van der Waals surface area contributed by atoms with Gasteiger partial charge in [0.1, 0.15) is 0 Å². The van der Waals surface area contributed by atoms with Crippen LogP contribution in [0, 0.1) is 0 Å². The average molecular weight is 248 g/mol. The summed E-state index contributed by atoms with van der Waals surface area (Å²) in [6, 6.07) is 0. The van der Waals surface area contributed by atoms with Crippen LogP contribution in [0.15, 0.2) is 0 Å². The van der Waals surface area contributed by atoms with Gasteiger partial charge in [-0.25, -0.2) is 0 Å². The van der Waals surface area contributed by atoms with Crippen molar-refractivity contribution in [3.8, 4) is 0 Å². The summed E-state index contributed by atoms with van der Waals surface area (Å²) in [6.45, 7) is 6.13. The largest absolute Gasteiger partial charge is 0.373 e. The summed E-state index contributed by atoms with van der Waals surface area (Å²) in [4.78, 5) is 0. The molecule has 0 aromatic rings. The molecule has 94 valence electrons. The van der Waals surface area contributed by atoms with Crippen LogP contribution in [-0.2, 0) is 14.9 Å². The van der Waals surface area contributed by atoms with Crippen molar-refractivity contribution in [1.82, 2.24) is 8.61 Å². The molecule has 2 saturated heterocycles. The first-order chi connectivity index (χ1) is 7.50. The number of morpholine rings is 1. The van der Waals surface area contributed by atoms with Crippen molar-refractivity contribution >= 4 is 10.2 Å². The average Bonchev–Trinajstić information content (AvgIpc) is 2.69. The lowest BCUT2D eigenvalue weighted by Crippen LogP contribution is -2.52. The summed E-state index contributed by atoms with van der Waals surface area (Å²) in [7, 11) is -3.24. The van der Waals surface area contributed by atoms with Crippen LogP contribution < -0.4 is 0 Å². The molecular weight excluding hydrogens is 228 g/mol. The molecule has 2 aliphatic rings. The molecule has 2 atom stereocenters. The molecule has 16 heavy (non-hydrogen) atoms. The fraction of sp³-hybridized carbons (Fsp3) is 1.00. The van der Waals surface area contributed by atoms with E-state index in [-0.39, 0.29) is 12.2 Å². The molecule has 0 aromatic heterocycles. The Morgan fingerprint density at radius 1 is 1.00 bits per heavy atom. The molecular formula is C10H20N2O3S. The van der Waals surface area contributed by atoms with Gasteiger partial charge in [0, 0.05) is 26.2 Å². The molecule has 2 aliphatic heterocycles. The Kier molecular flexibility index (Phi) is 3.53. The van der Waals surface area contributed by atoms with Gasteiger partial charge in [0.25, 0.3) is 10.2 Å². The van der Waals surface area contributed by atoms with Gasteiger partial charge in [-0.2, -0.15) is 17.0 Å². The zero-order chi connectivity index (χ0) is 11.8. The van der Waals surface area contributed by atoms with Crippen molar-refractivity contribution in [1.29, 1.82) is 0 Å². The monoisotopic (exact) mass is 248 g/mol. The summed E-state index contributed by atoms with van der Waals surface area (Å²) in [5, 5.41) is 0.